The fraction of sp³-hybridized carbons (Fsp3) is 0.708. The topological polar surface area (TPSA) is 37.0 Å². The van der Waals surface area contributed by atoms with Crippen LogP contribution in [-0.2, 0) is 0 Å². The van der Waals surface area contributed by atoms with Gasteiger partial charge in [0.2, 0.25) is 0 Å². The Morgan fingerprint density at radius 1 is 1.11 bits per heavy atom. The molecule has 3 nitrogen and oxygen atoms in total. The average molecular weight is 368 g/mol. The summed E-state index contributed by atoms with van der Waals surface area (Å²) in [6.07, 6.45) is 13.9. The third kappa shape index (κ3) is 4.23. The molecule has 0 saturated carbocycles. The maximum atomic E-state index is 4.61. The summed E-state index contributed by atoms with van der Waals surface area (Å²) in [6, 6.07) is 7.60. The lowest BCUT2D eigenvalue weighted by Gasteiger charge is -2.42. The highest BCUT2D eigenvalue weighted by atomic mass is 15.0. The van der Waals surface area contributed by atoms with E-state index in [0.717, 1.165) is 17.9 Å². The Balaban J connectivity index is 1.42. The van der Waals surface area contributed by atoms with Crippen LogP contribution in [0.25, 0.3) is 0 Å². The van der Waals surface area contributed by atoms with Crippen LogP contribution < -0.4 is 10.6 Å². The van der Waals surface area contributed by atoms with Gasteiger partial charge in [-0.15, -0.1) is 0 Å². The molecule has 5 unspecified atom stereocenters. The number of piperidine rings is 1. The summed E-state index contributed by atoms with van der Waals surface area (Å²) in [5.74, 6) is 2.16. The quantitative estimate of drug-likeness (QED) is 0.755. The first-order valence-corrected chi connectivity index (χ1v) is 11.4. The van der Waals surface area contributed by atoms with E-state index < -0.39 is 0 Å². The summed E-state index contributed by atoms with van der Waals surface area (Å²) in [5, 5.41) is 7.83. The second-order valence-corrected chi connectivity index (χ2v) is 9.05. The van der Waals surface area contributed by atoms with Crippen molar-refractivity contribution in [1.29, 1.82) is 0 Å². The normalized spacial score (nSPS) is 31.0. The van der Waals surface area contributed by atoms with E-state index in [9.17, 15) is 0 Å². The predicted octanol–water partition coefficient (Wildman–Crippen LogP) is 5.16. The van der Waals surface area contributed by atoms with Gasteiger partial charge in [-0.25, -0.2) is 0 Å². The summed E-state index contributed by atoms with van der Waals surface area (Å²) in [5.41, 5.74) is 4.55. The van der Waals surface area contributed by atoms with Crippen LogP contribution in [0.4, 0.5) is 0 Å². The van der Waals surface area contributed by atoms with Crippen LogP contribution in [0.3, 0.4) is 0 Å². The van der Waals surface area contributed by atoms with Gasteiger partial charge in [-0.1, -0.05) is 38.3 Å². The molecular weight excluding hydrogens is 330 g/mol. The van der Waals surface area contributed by atoms with E-state index in [2.05, 4.69) is 41.6 Å². The number of aromatic nitrogens is 1. The zero-order valence-electron chi connectivity index (χ0n) is 17.2. The molecule has 5 atom stereocenters. The number of hydrogen-bond acceptors (Lipinski definition) is 3. The molecule has 0 aromatic carbocycles. The van der Waals surface area contributed by atoms with Crippen molar-refractivity contribution in [3.63, 3.8) is 0 Å². The minimum atomic E-state index is 0.475. The molecule has 3 heterocycles. The number of nitrogens with one attached hydrogen (secondary N) is 2. The Morgan fingerprint density at radius 3 is 2.74 bits per heavy atom. The summed E-state index contributed by atoms with van der Waals surface area (Å²) in [7, 11) is 0. The van der Waals surface area contributed by atoms with Crippen molar-refractivity contribution in [3.05, 3.63) is 41.4 Å². The molecule has 0 amide bonds. The maximum absolute atomic E-state index is 4.61. The Labute approximate surface area is 165 Å². The highest BCUT2D eigenvalue weighted by molar-refractivity contribution is 5.23. The van der Waals surface area contributed by atoms with E-state index in [0.29, 0.717) is 12.0 Å². The summed E-state index contributed by atoms with van der Waals surface area (Å²) in [6.45, 7) is 5.97. The molecule has 0 spiro atoms. The highest BCUT2D eigenvalue weighted by Crippen LogP contribution is 2.41. The molecule has 2 aliphatic heterocycles. The second kappa shape index (κ2) is 8.77. The van der Waals surface area contributed by atoms with Crippen LogP contribution in [0.1, 0.15) is 83.2 Å². The third-order valence-electron chi connectivity index (χ3n) is 7.53. The first kappa shape index (κ1) is 19.0. The first-order valence-electron chi connectivity index (χ1n) is 11.4. The van der Waals surface area contributed by atoms with Crippen LogP contribution in [0, 0.1) is 11.8 Å². The molecule has 1 aromatic rings. The maximum Gasteiger partial charge on any atom is 0.0452 e. The SMILES string of the molecule is CCC(C1CCC2=C(C1)NC(C(C)c1ccccn1)CC2)C1CCCCN1. The molecule has 1 fully saturated rings. The highest BCUT2D eigenvalue weighted by Gasteiger charge is 2.35. The van der Waals surface area contributed by atoms with E-state index in [1.807, 2.05) is 12.3 Å². The van der Waals surface area contributed by atoms with E-state index in [1.165, 1.54) is 70.0 Å². The number of rotatable bonds is 5. The summed E-state index contributed by atoms with van der Waals surface area (Å²) < 4.78 is 0. The molecule has 27 heavy (non-hydrogen) atoms. The van der Waals surface area contributed by atoms with Gasteiger partial charge in [0.15, 0.2) is 0 Å². The van der Waals surface area contributed by atoms with Crippen LogP contribution in [0.5, 0.6) is 0 Å². The smallest absolute Gasteiger partial charge is 0.0452 e. The molecular formula is C24H37N3. The molecule has 1 saturated heterocycles. The Morgan fingerprint density at radius 2 is 2.00 bits per heavy atom. The van der Waals surface area contributed by atoms with Crippen LogP contribution in [-0.4, -0.2) is 23.6 Å². The van der Waals surface area contributed by atoms with Crippen molar-refractivity contribution in [1.82, 2.24) is 15.6 Å². The fourth-order valence-corrected chi connectivity index (χ4v) is 5.86. The number of hydrogen-bond donors (Lipinski definition) is 2. The molecule has 148 valence electrons. The van der Waals surface area contributed by atoms with Crippen molar-refractivity contribution >= 4 is 0 Å². The minimum absolute atomic E-state index is 0.475. The molecule has 0 radical (unpaired) electrons. The van der Waals surface area contributed by atoms with Crippen molar-refractivity contribution in [3.8, 4) is 0 Å². The van der Waals surface area contributed by atoms with Gasteiger partial charge in [-0.05, 0) is 75.5 Å². The van der Waals surface area contributed by atoms with Crippen LogP contribution >= 0.6 is 0 Å². The second-order valence-electron chi connectivity index (χ2n) is 9.05. The van der Waals surface area contributed by atoms with Gasteiger partial charge >= 0.3 is 0 Å². The van der Waals surface area contributed by atoms with Crippen LogP contribution in [0.15, 0.2) is 35.7 Å². The summed E-state index contributed by atoms with van der Waals surface area (Å²) in [4.78, 5) is 4.61. The van der Waals surface area contributed by atoms with Crippen LogP contribution in [0.2, 0.25) is 0 Å². The molecule has 3 aliphatic rings. The van der Waals surface area contributed by atoms with E-state index in [1.54, 1.807) is 11.3 Å². The lowest BCUT2D eigenvalue weighted by molar-refractivity contribution is 0.186. The summed E-state index contributed by atoms with van der Waals surface area (Å²) >= 11 is 0. The number of pyridine rings is 1. The standard InChI is InChI=1S/C24H37N3/c1-3-20(23-9-5-7-15-26-23)19-11-10-18-12-13-22(27-24(18)16-19)17(2)21-8-4-6-14-25-21/h4,6,8,14,17,19-20,22-23,26-27H,3,5,7,9-13,15-16H2,1-2H3. The van der Waals surface area contributed by atoms with Gasteiger partial charge < -0.3 is 10.6 Å². The molecule has 4 rings (SSSR count). The van der Waals surface area contributed by atoms with Gasteiger partial charge in [-0.2, -0.15) is 0 Å². The predicted molar refractivity (Wildman–Crippen MR) is 113 cm³/mol. The Bertz CT molecular complexity index is 632. The fourth-order valence-electron chi connectivity index (χ4n) is 5.86. The zero-order valence-corrected chi connectivity index (χ0v) is 17.2. The number of nitrogens with zero attached hydrogens (tertiary/aromatic N) is 1. The monoisotopic (exact) mass is 367 g/mol. The van der Waals surface area contributed by atoms with Gasteiger partial charge in [0, 0.05) is 35.6 Å². The van der Waals surface area contributed by atoms with Crippen molar-refractivity contribution < 1.29 is 0 Å². The molecule has 1 aliphatic carbocycles. The Kier molecular flexibility index (Phi) is 6.17. The van der Waals surface area contributed by atoms with Gasteiger partial charge in [0.25, 0.3) is 0 Å². The van der Waals surface area contributed by atoms with Gasteiger partial charge in [0.1, 0.15) is 0 Å². The molecule has 3 heteroatoms. The van der Waals surface area contributed by atoms with Gasteiger partial charge in [0.05, 0.1) is 0 Å². The van der Waals surface area contributed by atoms with E-state index in [4.69, 9.17) is 0 Å². The number of allylic oxidation sites excluding steroid dienone is 2. The van der Waals surface area contributed by atoms with Crippen molar-refractivity contribution in [2.24, 2.45) is 11.8 Å². The first-order chi connectivity index (χ1) is 13.3. The lowest BCUT2D eigenvalue weighted by Crippen LogP contribution is -2.45. The minimum Gasteiger partial charge on any atom is -0.385 e. The molecule has 2 N–H and O–H groups in total. The largest absolute Gasteiger partial charge is 0.385 e. The third-order valence-corrected chi connectivity index (χ3v) is 7.53. The lowest BCUT2D eigenvalue weighted by atomic mass is 9.71. The van der Waals surface area contributed by atoms with Crippen molar-refractivity contribution in [2.75, 3.05) is 6.54 Å². The average Bonchev–Trinajstić information content (AvgIpc) is 2.74. The van der Waals surface area contributed by atoms with E-state index >= 15 is 0 Å². The van der Waals surface area contributed by atoms with E-state index in [-0.39, 0.29) is 0 Å². The molecule has 1 aromatic heterocycles. The Hall–Kier alpha value is -1.35. The van der Waals surface area contributed by atoms with Crippen molar-refractivity contribution in [2.45, 2.75) is 89.6 Å². The van der Waals surface area contributed by atoms with Gasteiger partial charge in [-0.3, -0.25) is 4.98 Å². The molecule has 0 bridgehead atoms. The zero-order chi connectivity index (χ0) is 18.6.